The van der Waals surface area contributed by atoms with E-state index in [1.54, 1.807) is 19.1 Å². The molecule has 2 N–H and O–H groups in total. The number of benzene rings is 2. The Hall–Kier alpha value is -2.42. The van der Waals surface area contributed by atoms with E-state index in [0.29, 0.717) is 11.3 Å². The van der Waals surface area contributed by atoms with Crippen molar-refractivity contribution < 1.29 is 4.39 Å². The van der Waals surface area contributed by atoms with Crippen molar-refractivity contribution in [3.8, 4) is 11.3 Å². The van der Waals surface area contributed by atoms with Gasteiger partial charge in [-0.1, -0.05) is 30.3 Å². The van der Waals surface area contributed by atoms with E-state index in [-0.39, 0.29) is 5.82 Å². The van der Waals surface area contributed by atoms with Gasteiger partial charge >= 0.3 is 0 Å². The predicted molar refractivity (Wildman–Crippen MR) is 76.3 cm³/mol. The first-order valence-electron chi connectivity index (χ1n) is 6.07. The molecule has 19 heavy (non-hydrogen) atoms. The third kappa shape index (κ3) is 2.03. The molecule has 0 unspecified atom stereocenters. The van der Waals surface area contributed by atoms with Crippen molar-refractivity contribution in [2.24, 2.45) is 0 Å². The number of hydrogen-bond donors (Lipinski definition) is 1. The summed E-state index contributed by atoms with van der Waals surface area (Å²) in [7, 11) is 0. The molecule has 0 spiro atoms. The molecule has 3 rings (SSSR count). The van der Waals surface area contributed by atoms with Gasteiger partial charge < -0.3 is 5.73 Å². The summed E-state index contributed by atoms with van der Waals surface area (Å²) in [6.45, 7) is 1.73. The highest BCUT2D eigenvalue weighted by Crippen LogP contribution is 2.28. The average Bonchev–Trinajstić information content (AvgIpc) is 2.41. The Morgan fingerprint density at radius 2 is 1.79 bits per heavy atom. The molecular weight excluding hydrogens is 239 g/mol. The van der Waals surface area contributed by atoms with Gasteiger partial charge in [0, 0.05) is 10.9 Å². The number of pyridine rings is 1. The van der Waals surface area contributed by atoms with Crippen LogP contribution >= 0.6 is 0 Å². The van der Waals surface area contributed by atoms with Crippen LogP contribution in [0.1, 0.15) is 5.56 Å². The van der Waals surface area contributed by atoms with Gasteiger partial charge in [-0.2, -0.15) is 0 Å². The lowest BCUT2D eigenvalue weighted by atomic mass is 10.1. The lowest BCUT2D eigenvalue weighted by Crippen LogP contribution is -1.95. The first-order valence-corrected chi connectivity index (χ1v) is 6.07. The van der Waals surface area contributed by atoms with Crippen molar-refractivity contribution in [1.29, 1.82) is 0 Å². The van der Waals surface area contributed by atoms with Crippen LogP contribution in [0.15, 0.2) is 48.5 Å². The zero-order valence-corrected chi connectivity index (χ0v) is 10.5. The van der Waals surface area contributed by atoms with Crippen LogP contribution in [0.2, 0.25) is 0 Å². The first kappa shape index (κ1) is 11.7. The summed E-state index contributed by atoms with van der Waals surface area (Å²) >= 11 is 0. The van der Waals surface area contributed by atoms with E-state index < -0.39 is 0 Å². The van der Waals surface area contributed by atoms with Gasteiger partial charge in [-0.3, -0.25) is 0 Å². The molecule has 0 aliphatic heterocycles. The fourth-order valence-corrected chi connectivity index (χ4v) is 2.14. The van der Waals surface area contributed by atoms with E-state index in [1.807, 2.05) is 30.3 Å². The lowest BCUT2D eigenvalue weighted by molar-refractivity contribution is 0.620. The Morgan fingerprint density at radius 1 is 1.05 bits per heavy atom. The van der Waals surface area contributed by atoms with Gasteiger partial charge in [0.2, 0.25) is 0 Å². The quantitative estimate of drug-likeness (QED) is 0.712. The summed E-state index contributed by atoms with van der Waals surface area (Å²) in [5.41, 5.74) is 9.62. The van der Waals surface area contributed by atoms with Gasteiger partial charge in [0.1, 0.15) is 5.82 Å². The molecular formula is C16H13FN2. The van der Waals surface area contributed by atoms with Crippen LogP contribution in [0.5, 0.6) is 0 Å². The smallest absolute Gasteiger partial charge is 0.126 e. The third-order valence-electron chi connectivity index (χ3n) is 3.17. The number of aryl methyl sites for hydroxylation is 1. The second kappa shape index (κ2) is 4.35. The Kier molecular flexibility index (Phi) is 2.67. The molecule has 0 bridgehead atoms. The summed E-state index contributed by atoms with van der Waals surface area (Å²) in [5, 5.41) is 0.722. The lowest BCUT2D eigenvalue weighted by Gasteiger charge is -2.08. The minimum absolute atomic E-state index is 0.235. The number of aromatic nitrogens is 1. The molecule has 0 aliphatic carbocycles. The third-order valence-corrected chi connectivity index (χ3v) is 3.17. The first-order chi connectivity index (χ1) is 9.15. The Bertz CT molecular complexity index is 752. The Labute approximate surface area is 110 Å². The highest BCUT2D eigenvalue weighted by Gasteiger charge is 2.08. The molecule has 0 radical (unpaired) electrons. The van der Waals surface area contributed by atoms with Crippen molar-refractivity contribution in [2.45, 2.75) is 6.92 Å². The number of nitrogens with zero attached hydrogens (tertiary/aromatic N) is 1. The topological polar surface area (TPSA) is 38.9 Å². The maximum absolute atomic E-state index is 13.5. The number of halogens is 1. The zero-order valence-electron chi connectivity index (χ0n) is 10.5. The molecule has 0 saturated heterocycles. The Morgan fingerprint density at radius 3 is 2.53 bits per heavy atom. The minimum Gasteiger partial charge on any atom is -0.397 e. The molecule has 3 aromatic rings. The fourth-order valence-electron chi connectivity index (χ4n) is 2.14. The maximum Gasteiger partial charge on any atom is 0.126 e. The van der Waals surface area contributed by atoms with Crippen LogP contribution in [0, 0.1) is 12.7 Å². The molecule has 94 valence electrons. The molecule has 1 aromatic heterocycles. The molecule has 0 amide bonds. The maximum atomic E-state index is 13.5. The van der Waals surface area contributed by atoms with Crippen LogP contribution in [0.25, 0.3) is 22.2 Å². The molecule has 0 atom stereocenters. The second-order valence-corrected chi connectivity index (χ2v) is 4.59. The number of fused-ring (bicyclic) bond motifs is 1. The highest BCUT2D eigenvalue weighted by atomic mass is 19.1. The van der Waals surface area contributed by atoms with Crippen molar-refractivity contribution in [1.82, 2.24) is 4.98 Å². The molecule has 2 aromatic carbocycles. The van der Waals surface area contributed by atoms with E-state index >= 15 is 0 Å². The highest BCUT2D eigenvalue weighted by molar-refractivity contribution is 5.88. The normalized spacial score (nSPS) is 10.8. The monoisotopic (exact) mass is 252 g/mol. The summed E-state index contributed by atoms with van der Waals surface area (Å²) in [5.74, 6) is -0.235. The van der Waals surface area contributed by atoms with E-state index in [1.165, 1.54) is 6.07 Å². The van der Waals surface area contributed by atoms with Gasteiger partial charge in [0.05, 0.1) is 16.9 Å². The van der Waals surface area contributed by atoms with Gasteiger partial charge in [0.25, 0.3) is 0 Å². The molecule has 0 saturated carbocycles. The largest absolute Gasteiger partial charge is 0.397 e. The number of nitrogen functional groups attached to an aromatic ring is 1. The fraction of sp³-hybridized carbons (Fsp3) is 0.0625. The van der Waals surface area contributed by atoms with Crippen molar-refractivity contribution in [2.75, 3.05) is 5.73 Å². The van der Waals surface area contributed by atoms with Crippen molar-refractivity contribution in [3.63, 3.8) is 0 Å². The second-order valence-electron chi connectivity index (χ2n) is 4.59. The van der Waals surface area contributed by atoms with E-state index in [9.17, 15) is 4.39 Å². The van der Waals surface area contributed by atoms with E-state index in [0.717, 1.165) is 22.2 Å². The molecule has 0 fully saturated rings. The zero-order chi connectivity index (χ0) is 13.4. The molecule has 0 aliphatic rings. The molecule has 2 nitrogen and oxygen atoms in total. The average molecular weight is 252 g/mol. The van der Waals surface area contributed by atoms with Gasteiger partial charge in [-0.05, 0) is 30.7 Å². The van der Waals surface area contributed by atoms with Crippen LogP contribution < -0.4 is 5.73 Å². The number of anilines is 1. The van der Waals surface area contributed by atoms with Crippen LogP contribution in [-0.4, -0.2) is 4.98 Å². The van der Waals surface area contributed by atoms with Gasteiger partial charge in [-0.15, -0.1) is 0 Å². The molecule has 1 heterocycles. The summed E-state index contributed by atoms with van der Waals surface area (Å²) in [6, 6.07) is 14.7. The standard InChI is InChI=1S/C16H13FN2/c1-10-7-15-12(8-13(10)17)9-14(18)16(19-15)11-5-3-2-4-6-11/h2-9H,18H2,1H3. The van der Waals surface area contributed by atoms with E-state index in [2.05, 4.69) is 4.98 Å². The van der Waals surface area contributed by atoms with Crippen LogP contribution in [0.4, 0.5) is 10.1 Å². The SMILES string of the molecule is Cc1cc2nc(-c3ccccc3)c(N)cc2cc1F. The molecule has 3 heteroatoms. The predicted octanol–water partition coefficient (Wildman–Crippen LogP) is 3.93. The van der Waals surface area contributed by atoms with E-state index in [4.69, 9.17) is 5.73 Å². The minimum atomic E-state index is -0.235. The Balaban J connectivity index is 2.27. The number of nitrogens with two attached hydrogens (primary N) is 1. The summed E-state index contributed by atoms with van der Waals surface area (Å²) in [4.78, 5) is 4.56. The summed E-state index contributed by atoms with van der Waals surface area (Å²) in [6.07, 6.45) is 0. The van der Waals surface area contributed by atoms with Crippen molar-refractivity contribution >= 4 is 16.6 Å². The van der Waals surface area contributed by atoms with Gasteiger partial charge in [0.15, 0.2) is 0 Å². The van der Waals surface area contributed by atoms with Crippen molar-refractivity contribution in [3.05, 3.63) is 59.9 Å². The van der Waals surface area contributed by atoms with Crippen LogP contribution in [0.3, 0.4) is 0 Å². The number of hydrogen-bond acceptors (Lipinski definition) is 2. The van der Waals surface area contributed by atoms with Gasteiger partial charge in [-0.25, -0.2) is 9.37 Å². The number of rotatable bonds is 1. The van der Waals surface area contributed by atoms with Crippen LogP contribution in [-0.2, 0) is 0 Å². The summed E-state index contributed by atoms with van der Waals surface area (Å²) < 4.78 is 13.5.